The number of anilines is 1. The third kappa shape index (κ3) is 2.64. The van der Waals surface area contributed by atoms with E-state index in [0.717, 1.165) is 21.1 Å². The van der Waals surface area contributed by atoms with Crippen LogP contribution in [0.1, 0.15) is 9.67 Å². The second-order valence-electron chi connectivity index (χ2n) is 6.00. The van der Waals surface area contributed by atoms with Crippen LogP contribution in [-0.2, 0) is 0 Å². The molecule has 128 valence electrons. The van der Waals surface area contributed by atoms with Crippen molar-refractivity contribution in [3.05, 3.63) is 59.5 Å². The van der Waals surface area contributed by atoms with Crippen molar-refractivity contribution in [1.82, 2.24) is 4.98 Å². The summed E-state index contributed by atoms with van der Waals surface area (Å²) in [6.07, 6.45) is 0. The lowest BCUT2D eigenvalue weighted by molar-refractivity contribution is 0.103. The van der Waals surface area contributed by atoms with Crippen molar-refractivity contribution in [2.45, 2.75) is 0 Å². The SMILES string of the molecule is O=C(Nc1ccc2c(c1)OCCO2)c1cc2cc3ccccc3nc2s1. The lowest BCUT2D eigenvalue weighted by Gasteiger charge is -2.18. The van der Waals surface area contributed by atoms with E-state index in [1.165, 1.54) is 11.3 Å². The molecular weight excluding hydrogens is 348 g/mol. The van der Waals surface area contributed by atoms with E-state index in [1.54, 1.807) is 6.07 Å². The largest absolute Gasteiger partial charge is 0.486 e. The summed E-state index contributed by atoms with van der Waals surface area (Å²) in [4.78, 5) is 18.8. The summed E-state index contributed by atoms with van der Waals surface area (Å²) in [5, 5.41) is 4.96. The Morgan fingerprint density at radius 3 is 2.73 bits per heavy atom. The highest BCUT2D eigenvalue weighted by atomic mass is 32.1. The van der Waals surface area contributed by atoms with E-state index in [1.807, 2.05) is 42.5 Å². The minimum atomic E-state index is -0.159. The van der Waals surface area contributed by atoms with Crippen molar-refractivity contribution < 1.29 is 14.3 Å². The van der Waals surface area contributed by atoms with Crippen molar-refractivity contribution in [2.75, 3.05) is 18.5 Å². The Morgan fingerprint density at radius 1 is 0.962 bits per heavy atom. The molecule has 4 aromatic rings. The summed E-state index contributed by atoms with van der Waals surface area (Å²) in [5.41, 5.74) is 1.61. The lowest BCUT2D eigenvalue weighted by Crippen LogP contribution is -2.16. The first-order valence-corrected chi connectivity index (χ1v) is 9.08. The Morgan fingerprint density at radius 2 is 1.81 bits per heavy atom. The topological polar surface area (TPSA) is 60.5 Å². The van der Waals surface area contributed by atoms with E-state index in [2.05, 4.69) is 16.4 Å². The number of para-hydroxylation sites is 1. The number of hydrogen-bond donors (Lipinski definition) is 1. The van der Waals surface area contributed by atoms with Gasteiger partial charge in [-0.3, -0.25) is 4.79 Å². The number of nitrogens with one attached hydrogen (secondary N) is 1. The molecule has 1 aliphatic heterocycles. The fourth-order valence-corrected chi connectivity index (χ4v) is 3.92. The summed E-state index contributed by atoms with van der Waals surface area (Å²) in [6, 6.07) is 17.3. The molecule has 6 heteroatoms. The molecule has 26 heavy (non-hydrogen) atoms. The van der Waals surface area contributed by atoms with Crippen molar-refractivity contribution >= 4 is 44.1 Å². The number of fused-ring (bicyclic) bond motifs is 3. The van der Waals surface area contributed by atoms with E-state index < -0.39 is 0 Å². The highest BCUT2D eigenvalue weighted by Gasteiger charge is 2.15. The first-order valence-electron chi connectivity index (χ1n) is 8.27. The zero-order valence-corrected chi connectivity index (χ0v) is 14.5. The molecule has 0 radical (unpaired) electrons. The van der Waals surface area contributed by atoms with Crippen LogP contribution < -0.4 is 14.8 Å². The number of amides is 1. The van der Waals surface area contributed by atoms with Gasteiger partial charge in [0.15, 0.2) is 11.5 Å². The number of nitrogens with zero attached hydrogens (tertiary/aromatic N) is 1. The van der Waals surface area contributed by atoms with E-state index in [0.29, 0.717) is 35.3 Å². The van der Waals surface area contributed by atoms with Gasteiger partial charge in [-0.1, -0.05) is 18.2 Å². The molecule has 0 unspecified atom stereocenters. The minimum absolute atomic E-state index is 0.159. The average Bonchev–Trinajstić information content (AvgIpc) is 3.09. The number of benzene rings is 2. The van der Waals surface area contributed by atoms with Gasteiger partial charge >= 0.3 is 0 Å². The van der Waals surface area contributed by atoms with Crippen molar-refractivity contribution in [2.24, 2.45) is 0 Å². The smallest absolute Gasteiger partial charge is 0.265 e. The van der Waals surface area contributed by atoms with Gasteiger partial charge in [-0.15, -0.1) is 11.3 Å². The van der Waals surface area contributed by atoms with E-state index in [4.69, 9.17) is 9.47 Å². The first-order chi connectivity index (χ1) is 12.8. The Hall–Kier alpha value is -3.12. The predicted octanol–water partition coefficient (Wildman–Crippen LogP) is 4.47. The highest BCUT2D eigenvalue weighted by Crippen LogP contribution is 2.33. The molecule has 1 aliphatic rings. The zero-order valence-electron chi connectivity index (χ0n) is 13.7. The van der Waals surface area contributed by atoms with Gasteiger partial charge in [0.2, 0.25) is 0 Å². The Balaban J connectivity index is 1.45. The highest BCUT2D eigenvalue weighted by molar-refractivity contribution is 7.20. The normalized spacial score (nSPS) is 13.1. The standard InChI is InChI=1S/C20H14N2O3S/c23-19(21-14-5-6-16-17(11-14)25-8-7-24-16)18-10-13-9-12-3-1-2-4-15(12)22-20(13)26-18/h1-6,9-11H,7-8H2,(H,21,23). The number of rotatable bonds is 2. The molecule has 0 bridgehead atoms. The van der Waals surface area contributed by atoms with Gasteiger partial charge < -0.3 is 14.8 Å². The quantitative estimate of drug-likeness (QED) is 0.571. The molecule has 1 N–H and O–H groups in total. The monoisotopic (exact) mass is 362 g/mol. The number of aromatic nitrogens is 1. The van der Waals surface area contributed by atoms with Crippen molar-refractivity contribution in [3.63, 3.8) is 0 Å². The number of hydrogen-bond acceptors (Lipinski definition) is 5. The van der Waals surface area contributed by atoms with Crippen molar-refractivity contribution in [1.29, 1.82) is 0 Å². The summed E-state index contributed by atoms with van der Waals surface area (Å²) in [7, 11) is 0. The molecule has 0 saturated carbocycles. The van der Waals surface area contributed by atoms with Crippen LogP contribution in [0.25, 0.3) is 21.1 Å². The van der Waals surface area contributed by atoms with Crippen LogP contribution in [0.15, 0.2) is 54.6 Å². The van der Waals surface area contributed by atoms with Crippen LogP contribution in [0.3, 0.4) is 0 Å². The summed E-state index contributed by atoms with van der Waals surface area (Å²) >= 11 is 1.39. The molecule has 3 heterocycles. The number of pyridine rings is 1. The van der Waals surface area contributed by atoms with Crippen LogP contribution in [0, 0.1) is 0 Å². The zero-order chi connectivity index (χ0) is 17.5. The van der Waals surface area contributed by atoms with Gasteiger partial charge in [0, 0.05) is 22.5 Å². The predicted molar refractivity (Wildman–Crippen MR) is 103 cm³/mol. The van der Waals surface area contributed by atoms with E-state index >= 15 is 0 Å². The number of ether oxygens (including phenoxy) is 2. The van der Waals surface area contributed by atoms with Crippen LogP contribution in [0.4, 0.5) is 5.69 Å². The van der Waals surface area contributed by atoms with Gasteiger partial charge in [-0.25, -0.2) is 4.98 Å². The first kappa shape index (κ1) is 15.2. The second-order valence-corrected chi connectivity index (χ2v) is 7.03. The maximum absolute atomic E-state index is 12.6. The van der Waals surface area contributed by atoms with Crippen LogP contribution in [0.5, 0.6) is 11.5 Å². The van der Waals surface area contributed by atoms with Crippen LogP contribution >= 0.6 is 11.3 Å². The number of carbonyl (C=O) groups excluding carboxylic acids is 1. The molecule has 2 aromatic carbocycles. The van der Waals surface area contributed by atoms with Crippen LogP contribution in [-0.4, -0.2) is 24.1 Å². The summed E-state index contributed by atoms with van der Waals surface area (Å²) in [6.45, 7) is 1.06. The molecule has 0 aliphatic carbocycles. The fraction of sp³-hybridized carbons (Fsp3) is 0.100. The molecule has 0 spiro atoms. The van der Waals surface area contributed by atoms with Gasteiger partial charge in [0.25, 0.3) is 5.91 Å². The Bertz CT molecular complexity index is 1100. The molecule has 0 atom stereocenters. The molecule has 1 amide bonds. The fourth-order valence-electron chi connectivity index (χ4n) is 3.00. The molecule has 0 fully saturated rings. The van der Waals surface area contributed by atoms with Gasteiger partial charge in [-0.2, -0.15) is 0 Å². The number of carbonyl (C=O) groups is 1. The maximum Gasteiger partial charge on any atom is 0.265 e. The van der Waals surface area contributed by atoms with Crippen LogP contribution in [0.2, 0.25) is 0 Å². The minimum Gasteiger partial charge on any atom is -0.486 e. The Kier molecular flexibility index (Phi) is 3.50. The second kappa shape index (κ2) is 6.00. The molecular formula is C20H14N2O3S. The molecule has 2 aromatic heterocycles. The van der Waals surface area contributed by atoms with E-state index in [-0.39, 0.29) is 5.91 Å². The van der Waals surface area contributed by atoms with Gasteiger partial charge in [0.05, 0.1) is 10.4 Å². The molecule has 5 rings (SSSR count). The summed E-state index contributed by atoms with van der Waals surface area (Å²) < 4.78 is 11.1. The van der Waals surface area contributed by atoms with Gasteiger partial charge in [-0.05, 0) is 30.3 Å². The summed E-state index contributed by atoms with van der Waals surface area (Å²) in [5.74, 6) is 1.19. The third-order valence-electron chi connectivity index (χ3n) is 4.23. The van der Waals surface area contributed by atoms with Crippen molar-refractivity contribution in [3.8, 4) is 11.5 Å². The lowest BCUT2D eigenvalue weighted by atomic mass is 10.2. The molecule has 5 nitrogen and oxygen atoms in total. The molecule has 0 saturated heterocycles. The average molecular weight is 362 g/mol. The van der Waals surface area contributed by atoms with E-state index in [9.17, 15) is 4.79 Å². The Labute approximate surface area is 153 Å². The van der Waals surface area contributed by atoms with Gasteiger partial charge in [0.1, 0.15) is 18.0 Å². The third-order valence-corrected chi connectivity index (χ3v) is 5.28. The number of thiophene rings is 1. The maximum atomic E-state index is 12.6.